The Morgan fingerprint density at radius 1 is 1.42 bits per heavy atom. The minimum atomic E-state index is -2.44. The van der Waals surface area contributed by atoms with Crippen molar-refractivity contribution in [3.8, 4) is 11.5 Å². The topological polar surface area (TPSA) is 74.3 Å². The molecule has 0 radical (unpaired) electrons. The average Bonchev–Trinajstić information content (AvgIpc) is 2.41. The van der Waals surface area contributed by atoms with Crippen molar-refractivity contribution >= 4 is 38.6 Å². The van der Waals surface area contributed by atoms with Crippen LogP contribution < -0.4 is 9.46 Å². The predicted octanol–water partition coefficient (Wildman–Crippen LogP) is 3.33. The van der Waals surface area contributed by atoms with Crippen molar-refractivity contribution in [1.29, 1.82) is 0 Å². The third-order valence-corrected chi connectivity index (χ3v) is 3.45. The minimum Gasteiger partial charge on any atom is -0.755 e. The fourth-order valence-electron chi connectivity index (χ4n) is 1.35. The molecule has 0 saturated carbocycles. The van der Waals surface area contributed by atoms with E-state index in [1.807, 2.05) is 6.07 Å². The first-order valence-electron chi connectivity index (χ1n) is 5.05. The van der Waals surface area contributed by atoms with Crippen molar-refractivity contribution in [3.05, 3.63) is 42.7 Å². The molecule has 0 spiro atoms. The number of rotatable bonds is 5. The normalized spacial score (nSPS) is 11.9. The van der Waals surface area contributed by atoms with E-state index >= 15 is 0 Å². The number of anilines is 1. The van der Waals surface area contributed by atoms with Gasteiger partial charge in [0.25, 0.3) is 0 Å². The lowest BCUT2D eigenvalue weighted by Crippen LogP contribution is -2.04. The van der Waals surface area contributed by atoms with Gasteiger partial charge in [0.15, 0.2) is 5.75 Å². The summed E-state index contributed by atoms with van der Waals surface area (Å²) in [6, 6.07) is 8.68. The summed E-state index contributed by atoms with van der Waals surface area (Å²) in [6.45, 7) is 0. The second-order valence-corrected chi connectivity index (χ2v) is 5.12. The number of hydrogen-bond donors (Lipinski definition) is 1. The Labute approximate surface area is 121 Å². The van der Waals surface area contributed by atoms with Crippen LogP contribution in [-0.4, -0.2) is 13.7 Å². The molecular weight excluding hydrogens is 308 g/mol. The van der Waals surface area contributed by atoms with Gasteiger partial charge in [-0.15, -0.1) is 0 Å². The number of nitrogens with one attached hydrogen (secondary N) is 1. The van der Waals surface area contributed by atoms with Crippen LogP contribution in [0.25, 0.3) is 0 Å². The van der Waals surface area contributed by atoms with E-state index in [9.17, 15) is 8.76 Å². The Hall–Kier alpha value is -1.28. The van der Waals surface area contributed by atoms with Crippen LogP contribution in [0.1, 0.15) is 0 Å². The van der Waals surface area contributed by atoms with E-state index in [1.54, 1.807) is 24.3 Å². The predicted molar refractivity (Wildman–Crippen MR) is 75.0 cm³/mol. The SMILES string of the molecule is O=S([O-])Nc1cnccc1Oc1cccc(SCl)c1. The van der Waals surface area contributed by atoms with E-state index in [-0.39, 0.29) is 5.69 Å². The Kier molecular flexibility index (Phi) is 5.03. The van der Waals surface area contributed by atoms with Gasteiger partial charge in [-0.3, -0.25) is 9.19 Å². The van der Waals surface area contributed by atoms with E-state index in [0.29, 0.717) is 11.5 Å². The van der Waals surface area contributed by atoms with E-state index in [1.165, 1.54) is 12.4 Å². The standard InChI is InChI=1S/C11H9ClN2O3S2/c12-18-9-3-1-2-8(6-9)17-11-4-5-13-7-10(11)14-19(15)16/h1-7,14H,(H,15,16)/p-1. The second-order valence-electron chi connectivity index (χ2n) is 3.36. The van der Waals surface area contributed by atoms with Crippen molar-refractivity contribution in [2.75, 3.05) is 4.72 Å². The third-order valence-electron chi connectivity index (χ3n) is 2.10. The zero-order chi connectivity index (χ0) is 13.7. The molecule has 0 aliphatic heterocycles. The Morgan fingerprint density at radius 2 is 2.26 bits per heavy atom. The van der Waals surface area contributed by atoms with Gasteiger partial charge in [-0.2, -0.15) is 0 Å². The van der Waals surface area contributed by atoms with Crippen LogP contribution in [0.5, 0.6) is 11.5 Å². The van der Waals surface area contributed by atoms with Crippen LogP contribution in [0.3, 0.4) is 0 Å². The van der Waals surface area contributed by atoms with Crippen LogP contribution in [0.15, 0.2) is 47.6 Å². The molecule has 2 aromatic rings. The first kappa shape index (κ1) is 14.1. The average molecular weight is 316 g/mol. The molecule has 1 unspecified atom stereocenters. The molecule has 19 heavy (non-hydrogen) atoms. The number of pyridine rings is 1. The summed E-state index contributed by atoms with van der Waals surface area (Å²) in [4.78, 5) is 4.66. The fraction of sp³-hybridized carbons (Fsp3) is 0. The first-order chi connectivity index (χ1) is 9.19. The molecule has 8 heteroatoms. The van der Waals surface area contributed by atoms with Crippen LogP contribution in [0.2, 0.25) is 0 Å². The van der Waals surface area contributed by atoms with E-state index in [0.717, 1.165) is 15.9 Å². The summed E-state index contributed by atoms with van der Waals surface area (Å²) < 4.78 is 29.1. The molecular formula is C11H8ClN2O3S2-. The van der Waals surface area contributed by atoms with Gasteiger partial charge in [-0.25, -0.2) is 0 Å². The van der Waals surface area contributed by atoms with Crippen molar-refractivity contribution < 1.29 is 13.5 Å². The largest absolute Gasteiger partial charge is 0.755 e. The molecule has 1 N–H and O–H groups in total. The van der Waals surface area contributed by atoms with E-state index in [2.05, 4.69) is 9.71 Å². The zero-order valence-electron chi connectivity index (χ0n) is 9.41. The maximum atomic E-state index is 10.7. The Morgan fingerprint density at radius 3 is 3.00 bits per heavy atom. The van der Waals surface area contributed by atoms with Gasteiger partial charge in [0.2, 0.25) is 0 Å². The highest BCUT2D eigenvalue weighted by Crippen LogP contribution is 2.31. The van der Waals surface area contributed by atoms with Crippen LogP contribution in [0.4, 0.5) is 5.69 Å². The lowest BCUT2D eigenvalue weighted by molar-refractivity contribution is 0.482. The minimum absolute atomic E-state index is 0.264. The van der Waals surface area contributed by atoms with Gasteiger partial charge < -0.3 is 14.0 Å². The van der Waals surface area contributed by atoms with Crippen LogP contribution in [0, 0.1) is 0 Å². The number of nitrogens with zero attached hydrogens (tertiary/aromatic N) is 1. The molecule has 0 bridgehead atoms. The fourth-order valence-corrected chi connectivity index (χ4v) is 2.26. The van der Waals surface area contributed by atoms with Crippen molar-refractivity contribution in [3.63, 3.8) is 0 Å². The van der Waals surface area contributed by atoms with Crippen molar-refractivity contribution in [2.24, 2.45) is 0 Å². The smallest absolute Gasteiger partial charge is 0.154 e. The zero-order valence-corrected chi connectivity index (χ0v) is 11.8. The Balaban J connectivity index is 2.24. The summed E-state index contributed by atoms with van der Waals surface area (Å²) >= 11 is -2.44. The number of benzene rings is 1. The maximum Gasteiger partial charge on any atom is 0.154 e. The van der Waals surface area contributed by atoms with Gasteiger partial charge in [0, 0.05) is 28.4 Å². The van der Waals surface area contributed by atoms with E-state index < -0.39 is 11.3 Å². The molecule has 5 nitrogen and oxygen atoms in total. The first-order valence-corrected chi connectivity index (χ1v) is 7.77. The third kappa shape index (κ3) is 4.10. The molecule has 1 aromatic heterocycles. The molecule has 1 heterocycles. The summed E-state index contributed by atoms with van der Waals surface area (Å²) in [7, 11) is 6.73. The molecule has 0 amide bonds. The number of halogens is 1. The highest BCUT2D eigenvalue weighted by Gasteiger charge is 2.05. The number of aromatic nitrogens is 1. The highest BCUT2D eigenvalue weighted by atomic mass is 35.7. The van der Waals surface area contributed by atoms with Crippen LogP contribution in [-0.2, 0) is 11.3 Å². The summed E-state index contributed by atoms with van der Waals surface area (Å²) in [5.74, 6) is 0.910. The van der Waals surface area contributed by atoms with Gasteiger partial charge in [-0.05, 0) is 39.9 Å². The summed E-state index contributed by atoms with van der Waals surface area (Å²) in [5, 5.41) is 0. The highest BCUT2D eigenvalue weighted by molar-refractivity contribution is 8.21. The molecule has 0 saturated heterocycles. The molecule has 1 atom stereocenters. The monoisotopic (exact) mass is 315 g/mol. The maximum absolute atomic E-state index is 10.7. The molecule has 0 aliphatic carbocycles. The molecule has 0 aliphatic rings. The Bertz CT molecular complexity index is 598. The molecule has 100 valence electrons. The van der Waals surface area contributed by atoms with Gasteiger partial charge in [0.1, 0.15) is 11.4 Å². The molecule has 0 fully saturated rings. The quantitative estimate of drug-likeness (QED) is 0.857. The van der Waals surface area contributed by atoms with Crippen molar-refractivity contribution in [1.82, 2.24) is 4.98 Å². The molecule has 2 rings (SSSR count). The van der Waals surface area contributed by atoms with Gasteiger partial charge in [0.05, 0.1) is 6.20 Å². The van der Waals surface area contributed by atoms with Crippen LogP contribution >= 0.6 is 21.7 Å². The summed E-state index contributed by atoms with van der Waals surface area (Å²) in [5.41, 5.74) is 0.264. The van der Waals surface area contributed by atoms with Gasteiger partial charge >= 0.3 is 0 Å². The lowest BCUT2D eigenvalue weighted by Gasteiger charge is -2.13. The lowest BCUT2D eigenvalue weighted by atomic mass is 10.3. The van der Waals surface area contributed by atoms with Crippen molar-refractivity contribution in [2.45, 2.75) is 4.90 Å². The molecule has 1 aromatic carbocycles. The summed E-state index contributed by atoms with van der Waals surface area (Å²) in [6.07, 6.45) is 2.87. The number of ether oxygens (including phenoxy) is 1. The number of hydrogen-bond acceptors (Lipinski definition) is 5. The second kappa shape index (κ2) is 6.76. The van der Waals surface area contributed by atoms with Gasteiger partial charge in [-0.1, -0.05) is 6.07 Å². The van der Waals surface area contributed by atoms with E-state index in [4.69, 9.17) is 15.4 Å².